The highest BCUT2D eigenvalue weighted by molar-refractivity contribution is 5.11. The average molecular weight is 234 g/mol. The van der Waals surface area contributed by atoms with Gasteiger partial charge in [0.25, 0.3) is 0 Å². The van der Waals surface area contributed by atoms with Crippen molar-refractivity contribution < 1.29 is 5.11 Å². The molecule has 1 fully saturated rings. The lowest BCUT2D eigenvalue weighted by Crippen LogP contribution is -2.62. The minimum absolute atomic E-state index is 0.262. The maximum atomic E-state index is 9.96. The van der Waals surface area contributed by atoms with E-state index in [9.17, 15) is 5.11 Å². The molecule has 1 aliphatic carbocycles. The fourth-order valence-corrected chi connectivity index (χ4v) is 3.15. The van der Waals surface area contributed by atoms with Gasteiger partial charge in [0.05, 0.1) is 12.5 Å². The molecule has 17 heavy (non-hydrogen) atoms. The van der Waals surface area contributed by atoms with E-state index in [0.717, 1.165) is 12.5 Å². The zero-order chi connectivity index (χ0) is 12.5. The van der Waals surface area contributed by atoms with Gasteiger partial charge in [-0.15, -0.1) is 0 Å². The maximum Gasteiger partial charge on any atom is 0.103 e. The molecule has 1 heterocycles. The molecular weight excluding hydrogens is 212 g/mol. The molecule has 0 aromatic heterocycles. The molecule has 0 saturated carbocycles. The number of β-amino-alcohol motifs (C(OH)–C–C–N with tert-alkyl or cyclic N) is 1. The van der Waals surface area contributed by atoms with Crippen LogP contribution in [0.4, 0.5) is 0 Å². The van der Waals surface area contributed by atoms with Gasteiger partial charge < -0.3 is 5.11 Å². The minimum atomic E-state index is -0.732. The van der Waals surface area contributed by atoms with Crippen LogP contribution in [0.25, 0.3) is 0 Å². The third kappa shape index (κ3) is 2.70. The lowest BCUT2D eigenvalue weighted by atomic mass is 9.78. The SMILES string of the molecule is CC1=CCC[C@H](C)[C@H]1CN1CC(O)(CC#N)C1. The molecule has 0 unspecified atom stereocenters. The van der Waals surface area contributed by atoms with E-state index in [4.69, 9.17) is 5.26 Å². The van der Waals surface area contributed by atoms with E-state index in [1.165, 1.54) is 18.4 Å². The smallest absolute Gasteiger partial charge is 0.103 e. The first-order valence-corrected chi connectivity index (χ1v) is 6.52. The largest absolute Gasteiger partial charge is 0.386 e. The van der Waals surface area contributed by atoms with Crippen molar-refractivity contribution in [3.63, 3.8) is 0 Å². The molecule has 2 rings (SSSR count). The molecule has 94 valence electrons. The highest BCUT2D eigenvalue weighted by Crippen LogP contribution is 2.33. The molecule has 0 bridgehead atoms. The number of hydrogen-bond donors (Lipinski definition) is 1. The summed E-state index contributed by atoms with van der Waals surface area (Å²) in [5, 5.41) is 18.6. The average Bonchev–Trinajstić information content (AvgIpc) is 2.21. The number of allylic oxidation sites excluding steroid dienone is 1. The van der Waals surface area contributed by atoms with Crippen LogP contribution >= 0.6 is 0 Å². The normalized spacial score (nSPS) is 32.5. The van der Waals surface area contributed by atoms with Crippen molar-refractivity contribution in [3.8, 4) is 6.07 Å². The summed E-state index contributed by atoms with van der Waals surface area (Å²) in [6, 6.07) is 2.06. The Morgan fingerprint density at radius 1 is 1.59 bits per heavy atom. The van der Waals surface area contributed by atoms with E-state index in [-0.39, 0.29) is 6.42 Å². The molecule has 0 aromatic carbocycles. The van der Waals surface area contributed by atoms with Crippen LogP contribution in [0.3, 0.4) is 0 Å². The Kier molecular flexibility index (Phi) is 3.56. The van der Waals surface area contributed by atoms with Gasteiger partial charge in [0.2, 0.25) is 0 Å². The molecule has 2 aliphatic rings. The van der Waals surface area contributed by atoms with Crippen LogP contribution in [-0.2, 0) is 0 Å². The Labute approximate surface area is 104 Å². The van der Waals surface area contributed by atoms with Gasteiger partial charge in [0.15, 0.2) is 0 Å². The Balaban J connectivity index is 1.86. The van der Waals surface area contributed by atoms with Crippen molar-refractivity contribution in [2.24, 2.45) is 11.8 Å². The quantitative estimate of drug-likeness (QED) is 0.759. The van der Waals surface area contributed by atoms with E-state index in [2.05, 4.69) is 30.9 Å². The minimum Gasteiger partial charge on any atom is -0.386 e. The lowest BCUT2D eigenvalue weighted by molar-refractivity contribution is -0.0992. The van der Waals surface area contributed by atoms with E-state index < -0.39 is 5.60 Å². The van der Waals surface area contributed by atoms with E-state index in [0.29, 0.717) is 19.0 Å². The van der Waals surface area contributed by atoms with Crippen molar-refractivity contribution in [1.82, 2.24) is 4.90 Å². The number of nitriles is 1. The van der Waals surface area contributed by atoms with Gasteiger partial charge in [0, 0.05) is 19.6 Å². The predicted molar refractivity (Wildman–Crippen MR) is 67.3 cm³/mol. The van der Waals surface area contributed by atoms with Crippen LogP contribution in [0.2, 0.25) is 0 Å². The van der Waals surface area contributed by atoms with E-state index in [1.54, 1.807) is 0 Å². The highest BCUT2D eigenvalue weighted by Gasteiger charge is 2.42. The van der Waals surface area contributed by atoms with Crippen molar-refractivity contribution in [2.45, 2.75) is 38.7 Å². The molecule has 0 radical (unpaired) electrons. The molecule has 2 atom stereocenters. The van der Waals surface area contributed by atoms with Gasteiger partial charge in [-0.3, -0.25) is 4.90 Å². The summed E-state index contributed by atoms with van der Waals surface area (Å²) in [6.07, 6.45) is 5.10. The van der Waals surface area contributed by atoms with Crippen LogP contribution in [0.15, 0.2) is 11.6 Å². The number of rotatable bonds is 3. The zero-order valence-corrected chi connectivity index (χ0v) is 10.8. The summed E-state index contributed by atoms with van der Waals surface area (Å²) in [5.74, 6) is 1.38. The summed E-state index contributed by atoms with van der Waals surface area (Å²) in [6.45, 7) is 6.91. The first kappa shape index (κ1) is 12.6. The fourth-order valence-electron chi connectivity index (χ4n) is 3.15. The first-order chi connectivity index (χ1) is 8.04. The van der Waals surface area contributed by atoms with Gasteiger partial charge in [0.1, 0.15) is 5.60 Å². The molecule has 1 N–H and O–H groups in total. The summed E-state index contributed by atoms with van der Waals surface area (Å²) < 4.78 is 0. The van der Waals surface area contributed by atoms with Crippen molar-refractivity contribution in [3.05, 3.63) is 11.6 Å². The van der Waals surface area contributed by atoms with E-state index >= 15 is 0 Å². The standard InChI is InChI=1S/C14H22N2O/c1-11-4-3-5-12(2)13(11)8-16-9-14(17,10-16)6-7-15/h4,12-13,17H,3,5-6,8-10H2,1-2H3/t12-,13-/m0/s1. The van der Waals surface area contributed by atoms with Crippen LogP contribution in [-0.4, -0.2) is 35.2 Å². The molecule has 3 heteroatoms. The lowest BCUT2D eigenvalue weighted by Gasteiger charge is -2.47. The Hall–Kier alpha value is -0.850. The molecular formula is C14H22N2O. The second-order valence-electron chi connectivity index (χ2n) is 5.84. The Bertz CT molecular complexity index is 350. The number of likely N-dealkylation sites (tertiary alicyclic amines) is 1. The van der Waals surface area contributed by atoms with Crippen LogP contribution < -0.4 is 0 Å². The van der Waals surface area contributed by atoms with Gasteiger partial charge in [-0.1, -0.05) is 18.6 Å². The summed E-state index contributed by atoms with van der Waals surface area (Å²) in [7, 11) is 0. The van der Waals surface area contributed by atoms with Crippen LogP contribution in [0, 0.1) is 23.2 Å². The van der Waals surface area contributed by atoms with E-state index in [1.807, 2.05) is 0 Å². The van der Waals surface area contributed by atoms with Gasteiger partial charge in [-0.25, -0.2) is 0 Å². The highest BCUT2D eigenvalue weighted by atomic mass is 16.3. The Morgan fingerprint density at radius 3 is 2.88 bits per heavy atom. The molecule has 1 aliphatic heterocycles. The molecule has 3 nitrogen and oxygen atoms in total. The zero-order valence-electron chi connectivity index (χ0n) is 10.8. The molecule has 1 saturated heterocycles. The van der Waals surface area contributed by atoms with Gasteiger partial charge in [-0.05, 0) is 31.6 Å². The number of nitrogens with zero attached hydrogens (tertiary/aromatic N) is 2. The second kappa shape index (κ2) is 4.80. The topological polar surface area (TPSA) is 47.3 Å². The maximum absolute atomic E-state index is 9.96. The van der Waals surface area contributed by atoms with Crippen LogP contribution in [0.1, 0.15) is 33.1 Å². The summed E-state index contributed by atoms with van der Waals surface area (Å²) in [4.78, 5) is 2.28. The molecule has 0 aromatic rings. The van der Waals surface area contributed by atoms with Gasteiger partial charge in [-0.2, -0.15) is 5.26 Å². The monoisotopic (exact) mass is 234 g/mol. The third-order valence-electron chi connectivity index (χ3n) is 4.26. The fraction of sp³-hybridized carbons (Fsp3) is 0.786. The Morgan fingerprint density at radius 2 is 2.29 bits per heavy atom. The second-order valence-corrected chi connectivity index (χ2v) is 5.84. The molecule has 0 amide bonds. The van der Waals surface area contributed by atoms with Crippen molar-refractivity contribution >= 4 is 0 Å². The summed E-state index contributed by atoms with van der Waals surface area (Å²) >= 11 is 0. The summed E-state index contributed by atoms with van der Waals surface area (Å²) in [5.41, 5.74) is 0.768. The van der Waals surface area contributed by atoms with Crippen molar-refractivity contribution in [2.75, 3.05) is 19.6 Å². The third-order valence-corrected chi connectivity index (χ3v) is 4.26. The van der Waals surface area contributed by atoms with Gasteiger partial charge >= 0.3 is 0 Å². The first-order valence-electron chi connectivity index (χ1n) is 6.52. The molecule has 0 spiro atoms. The number of aliphatic hydroxyl groups is 1. The van der Waals surface area contributed by atoms with Crippen LogP contribution in [0.5, 0.6) is 0 Å². The predicted octanol–water partition coefficient (Wildman–Crippen LogP) is 1.94. The number of hydrogen-bond acceptors (Lipinski definition) is 3. The van der Waals surface area contributed by atoms with Crippen molar-refractivity contribution in [1.29, 1.82) is 5.26 Å².